The van der Waals surface area contributed by atoms with Crippen molar-refractivity contribution in [2.45, 2.75) is 6.42 Å². The molecule has 0 rings (SSSR count). The zero-order valence-corrected chi connectivity index (χ0v) is 8.50. The lowest BCUT2D eigenvalue weighted by molar-refractivity contribution is 0.936. The molecule has 0 unspecified atom stereocenters. The van der Waals surface area contributed by atoms with Gasteiger partial charge in [-0.3, -0.25) is 0 Å². The van der Waals surface area contributed by atoms with Crippen LogP contribution in [-0.4, -0.2) is 13.3 Å². The summed E-state index contributed by atoms with van der Waals surface area (Å²) in [5.41, 5.74) is 3.92. The average molecular weight is 181 g/mol. The molecule has 0 atom stereocenters. The molecular weight excluding hydrogens is 166 g/mol. The Morgan fingerprint density at radius 3 is 2.67 bits per heavy atom. The second-order valence-electron chi connectivity index (χ2n) is 2.14. The van der Waals surface area contributed by atoms with E-state index in [9.17, 15) is 0 Å². The quantitative estimate of drug-likeness (QED) is 0.397. The average Bonchev–Trinajstić information content (AvgIpc) is 2.11. The molecule has 0 heterocycles. The molecule has 0 aromatic rings. The Labute approximate surface area is 78.9 Å². The van der Waals surface area contributed by atoms with Crippen molar-refractivity contribution in [1.82, 2.24) is 5.32 Å². The van der Waals surface area contributed by atoms with Gasteiger partial charge in [-0.1, -0.05) is 12.7 Å². The van der Waals surface area contributed by atoms with Gasteiger partial charge in [-0.15, -0.1) is 24.1 Å². The van der Waals surface area contributed by atoms with Crippen molar-refractivity contribution in [3.8, 4) is 0 Å². The van der Waals surface area contributed by atoms with Crippen LogP contribution >= 0.6 is 11.8 Å². The molecule has 66 valence electrons. The van der Waals surface area contributed by atoms with E-state index in [1.807, 2.05) is 25.5 Å². The minimum atomic E-state index is 0.852. The minimum absolute atomic E-state index is 0.852. The fraction of sp³-hybridized carbons (Fsp3) is 0.300. The molecule has 0 fully saturated rings. The van der Waals surface area contributed by atoms with Crippen LogP contribution in [0.3, 0.4) is 0 Å². The standard InChI is InChI=1S/C10H15NS/c1-5-7-9(11-3)10(12-4)8-6-2/h5,8,11H,1-2,7H2,3-4H3/b10-9-. The largest absolute Gasteiger partial charge is 0.390 e. The van der Waals surface area contributed by atoms with E-state index in [4.69, 9.17) is 0 Å². The number of rotatable bonds is 5. The van der Waals surface area contributed by atoms with Crippen LogP contribution < -0.4 is 5.32 Å². The summed E-state index contributed by atoms with van der Waals surface area (Å²) >= 11 is 1.68. The zero-order chi connectivity index (χ0) is 9.40. The maximum atomic E-state index is 3.69. The summed E-state index contributed by atoms with van der Waals surface area (Å²) < 4.78 is 0. The Morgan fingerprint density at radius 2 is 2.33 bits per heavy atom. The van der Waals surface area contributed by atoms with Crippen molar-refractivity contribution in [2.75, 3.05) is 13.3 Å². The number of hydrogen-bond acceptors (Lipinski definition) is 2. The van der Waals surface area contributed by atoms with Crippen molar-refractivity contribution < 1.29 is 0 Å². The van der Waals surface area contributed by atoms with Crippen LogP contribution in [0.1, 0.15) is 6.42 Å². The molecule has 0 bridgehead atoms. The van der Waals surface area contributed by atoms with Crippen molar-refractivity contribution in [3.05, 3.63) is 41.6 Å². The number of hydrogen-bond donors (Lipinski definition) is 1. The normalized spacial score (nSPS) is 11.2. The van der Waals surface area contributed by atoms with Gasteiger partial charge in [0.15, 0.2) is 0 Å². The maximum Gasteiger partial charge on any atom is 0.0339 e. The fourth-order valence-corrected chi connectivity index (χ4v) is 1.47. The Kier molecular flexibility index (Phi) is 6.35. The first-order chi connectivity index (χ1) is 5.79. The molecular formula is C10H15NS. The van der Waals surface area contributed by atoms with Crippen LogP contribution in [0.2, 0.25) is 0 Å². The molecule has 0 saturated heterocycles. The third kappa shape index (κ3) is 3.51. The summed E-state index contributed by atoms with van der Waals surface area (Å²) in [5, 5.41) is 3.13. The van der Waals surface area contributed by atoms with E-state index in [1.54, 1.807) is 11.8 Å². The highest BCUT2D eigenvalue weighted by Gasteiger charge is 1.98. The summed E-state index contributed by atoms with van der Waals surface area (Å²) in [4.78, 5) is 1.16. The van der Waals surface area contributed by atoms with Crippen LogP contribution in [0.15, 0.2) is 41.6 Å². The molecule has 0 amide bonds. The number of allylic oxidation sites excluding steroid dienone is 2. The highest BCUT2D eigenvalue weighted by molar-refractivity contribution is 8.02. The third-order valence-electron chi connectivity index (χ3n) is 1.40. The molecule has 12 heavy (non-hydrogen) atoms. The monoisotopic (exact) mass is 181 g/mol. The smallest absolute Gasteiger partial charge is 0.0339 e. The van der Waals surface area contributed by atoms with Gasteiger partial charge in [-0.05, 0) is 12.3 Å². The Balaban J connectivity index is 4.71. The van der Waals surface area contributed by atoms with E-state index in [-0.39, 0.29) is 0 Å². The summed E-state index contributed by atoms with van der Waals surface area (Å²) in [6.45, 7) is 7.24. The SMILES string of the molecule is C=C=C/C(SC)=C(\CC=C)NC. The van der Waals surface area contributed by atoms with Gasteiger partial charge >= 0.3 is 0 Å². The van der Waals surface area contributed by atoms with Crippen LogP contribution in [0.5, 0.6) is 0 Å². The number of thioether (sulfide) groups is 1. The van der Waals surface area contributed by atoms with Gasteiger partial charge in [-0.25, -0.2) is 0 Å². The molecule has 0 aliphatic heterocycles. The minimum Gasteiger partial charge on any atom is -0.390 e. The lowest BCUT2D eigenvalue weighted by Gasteiger charge is -2.07. The summed E-state index contributed by atoms with van der Waals surface area (Å²) in [7, 11) is 1.91. The predicted octanol–water partition coefficient (Wildman–Crippen LogP) is 2.70. The first-order valence-electron chi connectivity index (χ1n) is 3.71. The van der Waals surface area contributed by atoms with Crippen molar-refractivity contribution in [2.24, 2.45) is 0 Å². The van der Waals surface area contributed by atoms with Gasteiger partial charge in [0.2, 0.25) is 0 Å². The Hall–Kier alpha value is -0.850. The van der Waals surface area contributed by atoms with Gasteiger partial charge < -0.3 is 5.32 Å². The summed E-state index contributed by atoms with van der Waals surface area (Å²) in [5.74, 6) is 0. The van der Waals surface area contributed by atoms with Gasteiger partial charge in [0.1, 0.15) is 0 Å². The van der Waals surface area contributed by atoms with Crippen LogP contribution in [0.4, 0.5) is 0 Å². The second kappa shape index (κ2) is 6.84. The second-order valence-corrected chi connectivity index (χ2v) is 2.99. The highest BCUT2D eigenvalue weighted by atomic mass is 32.2. The molecule has 1 N–H and O–H groups in total. The molecule has 0 radical (unpaired) electrons. The highest BCUT2D eigenvalue weighted by Crippen LogP contribution is 2.18. The van der Waals surface area contributed by atoms with Gasteiger partial charge in [0.05, 0.1) is 0 Å². The fourth-order valence-electron chi connectivity index (χ4n) is 0.832. The van der Waals surface area contributed by atoms with Crippen molar-refractivity contribution >= 4 is 11.8 Å². The molecule has 0 aromatic heterocycles. The number of nitrogens with one attached hydrogen (secondary N) is 1. The van der Waals surface area contributed by atoms with Crippen LogP contribution in [0, 0.1) is 0 Å². The Bertz CT molecular complexity index is 222. The molecule has 0 spiro atoms. The van der Waals surface area contributed by atoms with Crippen molar-refractivity contribution in [1.29, 1.82) is 0 Å². The third-order valence-corrected chi connectivity index (χ3v) is 2.20. The van der Waals surface area contributed by atoms with E-state index in [1.165, 1.54) is 0 Å². The molecule has 0 aliphatic rings. The summed E-state index contributed by atoms with van der Waals surface area (Å²) in [6, 6.07) is 0. The van der Waals surface area contributed by atoms with Crippen LogP contribution in [-0.2, 0) is 0 Å². The topological polar surface area (TPSA) is 12.0 Å². The molecule has 0 saturated carbocycles. The first-order valence-corrected chi connectivity index (χ1v) is 4.94. The molecule has 0 aliphatic carbocycles. The van der Waals surface area contributed by atoms with E-state index in [0.717, 1.165) is 17.0 Å². The molecule has 2 heteroatoms. The predicted molar refractivity (Wildman–Crippen MR) is 58.1 cm³/mol. The lowest BCUT2D eigenvalue weighted by Crippen LogP contribution is -2.06. The van der Waals surface area contributed by atoms with Gasteiger partial charge in [-0.2, -0.15) is 0 Å². The van der Waals surface area contributed by atoms with Crippen LogP contribution in [0.25, 0.3) is 0 Å². The first kappa shape index (κ1) is 11.2. The molecule has 0 aromatic carbocycles. The van der Waals surface area contributed by atoms with E-state index in [0.29, 0.717) is 0 Å². The summed E-state index contributed by atoms with van der Waals surface area (Å²) in [6.07, 6.45) is 6.63. The Morgan fingerprint density at radius 1 is 1.67 bits per heavy atom. The van der Waals surface area contributed by atoms with E-state index < -0.39 is 0 Å². The van der Waals surface area contributed by atoms with Gasteiger partial charge in [0, 0.05) is 24.1 Å². The lowest BCUT2D eigenvalue weighted by atomic mass is 10.3. The molecule has 1 nitrogen and oxygen atoms in total. The van der Waals surface area contributed by atoms with Gasteiger partial charge in [0.25, 0.3) is 0 Å². The van der Waals surface area contributed by atoms with E-state index >= 15 is 0 Å². The van der Waals surface area contributed by atoms with Crippen molar-refractivity contribution in [3.63, 3.8) is 0 Å². The zero-order valence-electron chi connectivity index (χ0n) is 7.68. The maximum absolute atomic E-state index is 3.69. The van der Waals surface area contributed by atoms with E-state index in [2.05, 4.69) is 24.2 Å².